The topological polar surface area (TPSA) is 24.9 Å². The zero-order valence-corrected chi connectivity index (χ0v) is 11.8. The molecule has 0 aliphatic heterocycles. The minimum atomic E-state index is 0.785. The summed E-state index contributed by atoms with van der Waals surface area (Å²) in [7, 11) is 0. The first-order valence-electron chi connectivity index (χ1n) is 7.92. The van der Waals surface area contributed by atoms with Crippen molar-refractivity contribution in [1.29, 1.82) is 0 Å². The molecule has 0 atom stereocenters. The Bertz CT molecular complexity index is 440. The van der Waals surface area contributed by atoms with Crippen LogP contribution in [0, 0.1) is 30.6 Å². The van der Waals surface area contributed by atoms with Gasteiger partial charge in [-0.15, -0.1) is 0 Å². The molecule has 2 nitrogen and oxygen atoms in total. The van der Waals surface area contributed by atoms with Crippen LogP contribution in [0.25, 0.3) is 0 Å². The molecular formula is C17H24N2. The van der Waals surface area contributed by atoms with E-state index in [1.54, 1.807) is 6.42 Å². The van der Waals surface area contributed by atoms with Crippen molar-refractivity contribution < 1.29 is 0 Å². The highest BCUT2D eigenvalue weighted by atomic mass is 14.9. The Kier molecular flexibility index (Phi) is 2.87. The zero-order chi connectivity index (χ0) is 12.8. The molecule has 19 heavy (non-hydrogen) atoms. The van der Waals surface area contributed by atoms with E-state index < -0.39 is 0 Å². The number of rotatable bonds is 3. The summed E-state index contributed by atoms with van der Waals surface area (Å²) in [6.45, 7) is 3.20. The maximum atomic E-state index is 4.26. The van der Waals surface area contributed by atoms with E-state index in [0.29, 0.717) is 0 Å². The lowest BCUT2D eigenvalue weighted by atomic mass is 9.54. The minimum Gasteiger partial charge on any atom is -0.309 e. The van der Waals surface area contributed by atoms with E-state index in [1.807, 2.05) is 12.4 Å². The van der Waals surface area contributed by atoms with Crippen LogP contribution in [0.2, 0.25) is 0 Å². The number of pyridine rings is 1. The van der Waals surface area contributed by atoms with Gasteiger partial charge in [-0.05, 0) is 79.9 Å². The molecule has 4 aliphatic rings. The molecule has 1 aromatic heterocycles. The summed E-state index contributed by atoms with van der Waals surface area (Å²) in [5.74, 6) is 4.07. The molecule has 0 spiro atoms. The zero-order valence-electron chi connectivity index (χ0n) is 11.8. The number of nitrogens with one attached hydrogen (secondary N) is 1. The van der Waals surface area contributed by atoms with Crippen LogP contribution in [0.1, 0.15) is 43.2 Å². The summed E-state index contributed by atoms with van der Waals surface area (Å²) >= 11 is 0. The van der Waals surface area contributed by atoms with E-state index in [-0.39, 0.29) is 0 Å². The van der Waals surface area contributed by atoms with Gasteiger partial charge in [0.25, 0.3) is 0 Å². The van der Waals surface area contributed by atoms with Gasteiger partial charge in [0, 0.05) is 25.0 Å². The van der Waals surface area contributed by atoms with Crippen LogP contribution in [0.5, 0.6) is 0 Å². The summed E-state index contributed by atoms with van der Waals surface area (Å²) in [4.78, 5) is 4.26. The molecular weight excluding hydrogens is 232 g/mol. The number of hydrogen-bond donors (Lipinski definition) is 1. The van der Waals surface area contributed by atoms with E-state index in [2.05, 4.69) is 23.3 Å². The SMILES string of the molecule is Cc1ccncc1CNC1C2CC3CC(C2)CC1C3. The normalized spacial score (nSPS) is 39.7. The van der Waals surface area contributed by atoms with Crippen molar-refractivity contribution in [1.82, 2.24) is 10.3 Å². The molecule has 1 heterocycles. The predicted octanol–water partition coefficient (Wildman–Crippen LogP) is 3.30. The maximum absolute atomic E-state index is 4.26. The highest BCUT2D eigenvalue weighted by Gasteiger charge is 2.47. The maximum Gasteiger partial charge on any atom is 0.0315 e. The molecule has 1 aromatic rings. The second kappa shape index (κ2) is 4.59. The fraction of sp³-hybridized carbons (Fsp3) is 0.706. The first-order valence-corrected chi connectivity index (χ1v) is 7.92. The second-order valence-corrected chi connectivity index (χ2v) is 7.14. The van der Waals surface area contributed by atoms with Crippen molar-refractivity contribution in [3.63, 3.8) is 0 Å². The van der Waals surface area contributed by atoms with Gasteiger partial charge in [-0.3, -0.25) is 4.98 Å². The van der Waals surface area contributed by atoms with Gasteiger partial charge in [0.2, 0.25) is 0 Å². The van der Waals surface area contributed by atoms with Crippen molar-refractivity contribution in [2.24, 2.45) is 23.7 Å². The van der Waals surface area contributed by atoms with Gasteiger partial charge < -0.3 is 5.32 Å². The van der Waals surface area contributed by atoms with E-state index in [4.69, 9.17) is 0 Å². The van der Waals surface area contributed by atoms with E-state index in [9.17, 15) is 0 Å². The molecule has 4 bridgehead atoms. The Morgan fingerprint density at radius 2 is 1.79 bits per heavy atom. The molecule has 0 aromatic carbocycles. The molecule has 102 valence electrons. The lowest BCUT2D eigenvalue weighted by Crippen LogP contribution is -2.54. The molecule has 0 saturated heterocycles. The highest BCUT2D eigenvalue weighted by molar-refractivity contribution is 5.21. The van der Waals surface area contributed by atoms with Gasteiger partial charge in [0.05, 0.1) is 0 Å². The summed E-state index contributed by atoms with van der Waals surface area (Å²) < 4.78 is 0. The van der Waals surface area contributed by atoms with Crippen LogP contribution in [0.15, 0.2) is 18.5 Å². The predicted molar refractivity (Wildman–Crippen MR) is 76.6 cm³/mol. The van der Waals surface area contributed by atoms with Crippen LogP contribution < -0.4 is 5.32 Å². The van der Waals surface area contributed by atoms with Crippen LogP contribution in [-0.2, 0) is 6.54 Å². The second-order valence-electron chi connectivity index (χ2n) is 7.14. The molecule has 4 aliphatic carbocycles. The number of nitrogens with zero attached hydrogens (tertiary/aromatic N) is 1. The molecule has 4 fully saturated rings. The molecule has 0 radical (unpaired) electrons. The van der Waals surface area contributed by atoms with E-state index in [0.717, 1.165) is 36.3 Å². The fourth-order valence-corrected chi connectivity index (χ4v) is 5.17. The third kappa shape index (κ3) is 2.10. The first-order chi connectivity index (χ1) is 9.29. The van der Waals surface area contributed by atoms with Crippen LogP contribution in [0.4, 0.5) is 0 Å². The van der Waals surface area contributed by atoms with Gasteiger partial charge in [-0.2, -0.15) is 0 Å². The van der Waals surface area contributed by atoms with Gasteiger partial charge in [0.15, 0.2) is 0 Å². The van der Waals surface area contributed by atoms with Crippen molar-refractivity contribution in [2.75, 3.05) is 0 Å². The fourth-order valence-electron chi connectivity index (χ4n) is 5.17. The third-order valence-electron chi connectivity index (χ3n) is 5.90. The van der Waals surface area contributed by atoms with Gasteiger partial charge >= 0.3 is 0 Å². The van der Waals surface area contributed by atoms with Crippen molar-refractivity contribution in [3.05, 3.63) is 29.6 Å². The van der Waals surface area contributed by atoms with Crippen LogP contribution in [-0.4, -0.2) is 11.0 Å². The third-order valence-corrected chi connectivity index (χ3v) is 5.90. The van der Waals surface area contributed by atoms with Crippen LogP contribution >= 0.6 is 0 Å². The van der Waals surface area contributed by atoms with Gasteiger partial charge in [0.1, 0.15) is 0 Å². The largest absolute Gasteiger partial charge is 0.309 e. The number of aryl methyl sites for hydroxylation is 1. The quantitative estimate of drug-likeness (QED) is 0.897. The molecule has 4 saturated carbocycles. The number of aromatic nitrogens is 1. The Labute approximate surface area is 116 Å². The smallest absolute Gasteiger partial charge is 0.0315 e. The molecule has 1 N–H and O–H groups in total. The molecule has 0 unspecified atom stereocenters. The van der Waals surface area contributed by atoms with Crippen molar-refractivity contribution in [3.8, 4) is 0 Å². The molecule has 5 rings (SSSR count). The Morgan fingerprint density at radius 3 is 2.42 bits per heavy atom. The Morgan fingerprint density at radius 1 is 1.11 bits per heavy atom. The average molecular weight is 256 g/mol. The minimum absolute atomic E-state index is 0.785. The summed E-state index contributed by atoms with van der Waals surface area (Å²) in [5.41, 5.74) is 2.74. The lowest BCUT2D eigenvalue weighted by Gasteiger charge is -2.54. The monoisotopic (exact) mass is 256 g/mol. The summed E-state index contributed by atoms with van der Waals surface area (Å²) in [6.07, 6.45) is 11.4. The standard InChI is InChI=1S/C17H24N2/c1-11-2-3-18-9-16(11)10-19-17-14-5-12-4-13(7-14)8-15(17)6-12/h2-3,9,12-15,17,19H,4-8,10H2,1H3. The van der Waals surface area contributed by atoms with Gasteiger partial charge in [-0.25, -0.2) is 0 Å². The summed E-state index contributed by atoms with van der Waals surface area (Å²) in [6, 6.07) is 2.90. The van der Waals surface area contributed by atoms with Gasteiger partial charge in [-0.1, -0.05) is 0 Å². The Balaban J connectivity index is 1.45. The van der Waals surface area contributed by atoms with E-state index >= 15 is 0 Å². The van der Waals surface area contributed by atoms with Crippen LogP contribution in [0.3, 0.4) is 0 Å². The lowest BCUT2D eigenvalue weighted by molar-refractivity contribution is -0.0142. The number of hydrogen-bond acceptors (Lipinski definition) is 2. The Hall–Kier alpha value is -0.890. The average Bonchev–Trinajstić information content (AvgIpc) is 2.39. The van der Waals surface area contributed by atoms with Crippen molar-refractivity contribution in [2.45, 2.75) is 51.6 Å². The highest BCUT2D eigenvalue weighted by Crippen LogP contribution is 2.53. The van der Waals surface area contributed by atoms with Crippen molar-refractivity contribution >= 4 is 0 Å². The summed E-state index contributed by atoms with van der Waals surface area (Å²) in [5, 5.41) is 3.88. The first kappa shape index (κ1) is 11.9. The molecule has 0 amide bonds. The molecule has 2 heteroatoms. The van der Waals surface area contributed by atoms with E-state index in [1.165, 1.54) is 36.8 Å².